The first-order chi connectivity index (χ1) is 8.13. The second-order valence-corrected chi connectivity index (χ2v) is 4.89. The van der Waals surface area contributed by atoms with Crippen LogP contribution in [0.2, 0.25) is 0 Å². The number of carbonyl (C=O) groups excluding carboxylic acids is 2. The summed E-state index contributed by atoms with van der Waals surface area (Å²) >= 11 is 0. The highest BCUT2D eigenvalue weighted by Gasteiger charge is 2.19. The summed E-state index contributed by atoms with van der Waals surface area (Å²) < 4.78 is 4.61. The third-order valence-corrected chi connectivity index (χ3v) is 3.43. The van der Waals surface area contributed by atoms with Crippen LogP contribution >= 0.6 is 0 Å². The summed E-state index contributed by atoms with van der Waals surface area (Å²) in [6.07, 6.45) is 6.04. The van der Waals surface area contributed by atoms with Crippen molar-refractivity contribution in [3.05, 3.63) is 0 Å². The van der Waals surface area contributed by atoms with Crippen molar-refractivity contribution in [3.63, 3.8) is 0 Å². The summed E-state index contributed by atoms with van der Waals surface area (Å²) in [4.78, 5) is 22.3. The normalized spacial score (nSPS) is 24.1. The Hall–Kier alpha value is -1.06. The number of esters is 1. The third-order valence-electron chi connectivity index (χ3n) is 3.43. The predicted molar refractivity (Wildman–Crippen MR) is 65.4 cm³/mol. The second kappa shape index (κ2) is 7.30. The van der Waals surface area contributed by atoms with Crippen molar-refractivity contribution in [1.29, 1.82) is 0 Å². The predicted octanol–water partition coefficient (Wildman–Crippen LogP) is 1.88. The van der Waals surface area contributed by atoms with Crippen LogP contribution in [0.1, 0.15) is 46.0 Å². The molecule has 98 valence electrons. The third kappa shape index (κ3) is 5.20. The van der Waals surface area contributed by atoms with Gasteiger partial charge in [0, 0.05) is 6.54 Å². The minimum atomic E-state index is -0.773. The summed E-state index contributed by atoms with van der Waals surface area (Å²) in [6, 6.07) is 0. The fraction of sp³-hybridized carbons (Fsp3) is 0.846. The molecule has 1 amide bonds. The van der Waals surface area contributed by atoms with Crippen LogP contribution in [-0.2, 0) is 14.3 Å². The Balaban J connectivity index is 2.11. The molecule has 1 rings (SSSR count). The molecule has 0 bridgehead atoms. The Morgan fingerprint density at radius 3 is 2.47 bits per heavy atom. The van der Waals surface area contributed by atoms with Crippen molar-refractivity contribution in [3.8, 4) is 0 Å². The van der Waals surface area contributed by atoms with Gasteiger partial charge in [0.25, 0.3) is 0 Å². The van der Waals surface area contributed by atoms with E-state index in [2.05, 4.69) is 17.0 Å². The van der Waals surface area contributed by atoms with E-state index in [1.165, 1.54) is 25.7 Å². The van der Waals surface area contributed by atoms with Crippen LogP contribution in [0.4, 0.5) is 0 Å². The van der Waals surface area contributed by atoms with Crippen molar-refractivity contribution in [2.75, 3.05) is 13.2 Å². The quantitative estimate of drug-likeness (QED) is 0.604. The topological polar surface area (TPSA) is 55.4 Å². The number of hydrogen-bond acceptors (Lipinski definition) is 3. The molecule has 0 spiro atoms. The first-order valence-electron chi connectivity index (χ1n) is 6.58. The van der Waals surface area contributed by atoms with E-state index in [4.69, 9.17) is 0 Å². The lowest BCUT2D eigenvalue weighted by Crippen LogP contribution is -2.34. The fourth-order valence-corrected chi connectivity index (χ4v) is 2.28. The van der Waals surface area contributed by atoms with Gasteiger partial charge in [0.2, 0.25) is 0 Å². The van der Waals surface area contributed by atoms with Crippen LogP contribution in [0, 0.1) is 11.8 Å². The number of amides is 1. The van der Waals surface area contributed by atoms with E-state index in [-0.39, 0.29) is 6.61 Å². The lowest BCUT2D eigenvalue weighted by molar-refractivity contribution is -0.154. The van der Waals surface area contributed by atoms with Gasteiger partial charge in [0.1, 0.15) is 0 Å². The Morgan fingerprint density at radius 2 is 1.88 bits per heavy atom. The maximum Gasteiger partial charge on any atom is 0.396 e. The molecule has 17 heavy (non-hydrogen) atoms. The molecule has 4 nitrogen and oxygen atoms in total. The van der Waals surface area contributed by atoms with Gasteiger partial charge in [-0.3, -0.25) is 4.79 Å². The smallest absolute Gasteiger partial charge is 0.396 e. The molecule has 0 heterocycles. The number of ether oxygens (including phenoxy) is 1. The van der Waals surface area contributed by atoms with Crippen LogP contribution in [0.3, 0.4) is 0 Å². The zero-order chi connectivity index (χ0) is 12.7. The van der Waals surface area contributed by atoms with Crippen LogP contribution in [0.5, 0.6) is 0 Å². The minimum Gasteiger partial charge on any atom is -0.459 e. The maximum absolute atomic E-state index is 11.2. The lowest BCUT2D eigenvalue weighted by Gasteiger charge is -2.25. The summed E-state index contributed by atoms with van der Waals surface area (Å²) in [6.45, 7) is 4.80. The van der Waals surface area contributed by atoms with E-state index in [0.29, 0.717) is 12.5 Å². The molecule has 1 saturated carbocycles. The van der Waals surface area contributed by atoms with Crippen LogP contribution in [-0.4, -0.2) is 25.0 Å². The highest BCUT2D eigenvalue weighted by molar-refractivity contribution is 6.32. The molecule has 1 aliphatic carbocycles. The van der Waals surface area contributed by atoms with E-state index in [1.807, 2.05) is 0 Å². The van der Waals surface area contributed by atoms with E-state index >= 15 is 0 Å². The minimum absolute atomic E-state index is 0.243. The van der Waals surface area contributed by atoms with Crippen molar-refractivity contribution in [2.45, 2.75) is 46.0 Å². The fourth-order valence-electron chi connectivity index (χ4n) is 2.28. The van der Waals surface area contributed by atoms with Gasteiger partial charge in [-0.05, 0) is 25.2 Å². The van der Waals surface area contributed by atoms with Gasteiger partial charge in [0.05, 0.1) is 6.61 Å². The van der Waals surface area contributed by atoms with Gasteiger partial charge in [0.15, 0.2) is 0 Å². The number of hydrogen-bond donors (Lipinski definition) is 1. The van der Waals surface area contributed by atoms with E-state index in [1.54, 1.807) is 6.92 Å². The molecule has 0 aromatic rings. The number of rotatable bonds is 4. The SMILES string of the molecule is CCOC(=O)C(=O)NCCC1CCC(C)CC1. The van der Waals surface area contributed by atoms with Crippen molar-refractivity contribution >= 4 is 11.9 Å². The molecule has 0 unspecified atom stereocenters. The zero-order valence-electron chi connectivity index (χ0n) is 10.8. The Kier molecular flexibility index (Phi) is 6.01. The monoisotopic (exact) mass is 241 g/mol. The average molecular weight is 241 g/mol. The van der Waals surface area contributed by atoms with Gasteiger partial charge in [-0.25, -0.2) is 4.79 Å². The molecule has 0 aromatic carbocycles. The van der Waals surface area contributed by atoms with Crippen LogP contribution in [0.15, 0.2) is 0 Å². The summed E-state index contributed by atoms with van der Waals surface area (Å²) in [5, 5.41) is 2.61. The van der Waals surface area contributed by atoms with Crippen molar-refractivity contribution < 1.29 is 14.3 Å². The van der Waals surface area contributed by atoms with Gasteiger partial charge < -0.3 is 10.1 Å². The summed E-state index contributed by atoms with van der Waals surface area (Å²) in [5.74, 6) is 0.162. The number of nitrogens with one attached hydrogen (secondary N) is 1. The van der Waals surface area contributed by atoms with Gasteiger partial charge >= 0.3 is 11.9 Å². The van der Waals surface area contributed by atoms with Gasteiger partial charge in [-0.15, -0.1) is 0 Å². The molecule has 1 fully saturated rings. The Labute approximate surface area is 103 Å². The first kappa shape index (κ1) is 14.0. The summed E-state index contributed by atoms with van der Waals surface area (Å²) in [7, 11) is 0. The number of carbonyl (C=O) groups is 2. The van der Waals surface area contributed by atoms with Crippen LogP contribution in [0.25, 0.3) is 0 Å². The van der Waals surface area contributed by atoms with Crippen molar-refractivity contribution in [1.82, 2.24) is 5.32 Å². The molecule has 0 aromatic heterocycles. The molecule has 0 radical (unpaired) electrons. The van der Waals surface area contributed by atoms with E-state index in [9.17, 15) is 9.59 Å². The van der Waals surface area contributed by atoms with Gasteiger partial charge in [-0.1, -0.05) is 32.6 Å². The molecule has 4 heteroatoms. The lowest BCUT2D eigenvalue weighted by atomic mass is 9.81. The molecule has 1 aliphatic rings. The first-order valence-corrected chi connectivity index (χ1v) is 6.58. The molecule has 1 N–H and O–H groups in total. The molecular formula is C13H23NO3. The largest absolute Gasteiger partial charge is 0.459 e. The molecule has 0 atom stereocenters. The van der Waals surface area contributed by atoms with E-state index in [0.717, 1.165) is 12.3 Å². The maximum atomic E-state index is 11.2. The average Bonchev–Trinajstić information content (AvgIpc) is 2.32. The second-order valence-electron chi connectivity index (χ2n) is 4.89. The highest BCUT2D eigenvalue weighted by atomic mass is 16.5. The zero-order valence-corrected chi connectivity index (χ0v) is 10.8. The van der Waals surface area contributed by atoms with E-state index < -0.39 is 11.9 Å². The molecule has 0 saturated heterocycles. The Morgan fingerprint density at radius 1 is 1.24 bits per heavy atom. The van der Waals surface area contributed by atoms with Crippen LogP contribution < -0.4 is 5.32 Å². The highest BCUT2D eigenvalue weighted by Crippen LogP contribution is 2.29. The molecular weight excluding hydrogens is 218 g/mol. The molecule has 0 aliphatic heterocycles. The van der Waals surface area contributed by atoms with Crippen molar-refractivity contribution in [2.24, 2.45) is 11.8 Å². The standard InChI is InChI=1S/C13H23NO3/c1-3-17-13(16)12(15)14-9-8-11-6-4-10(2)5-7-11/h10-11H,3-9H2,1-2H3,(H,14,15). The van der Waals surface area contributed by atoms with Gasteiger partial charge in [-0.2, -0.15) is 0 Å². The summed E-state index contributed by atoms with van der Waals surface area (Å²) in [5.41, 5.74) is 0. The Bertz CT molecular complexity index is 257.